The van der Waals surface area contributed by atoms with E-state index in [2.05, 4.69) is 15.1 Å². The van der Waals surface area contributed by atoms with Crippen molar-refractivity contribution in [2.75, 3.05) is 13.1 Å². The largest absolute Gasteiger partial charge is 0.342 e. The van der Waals surface area contributed by atoms with Gasteiger partial charge in [0.25, 0.3) is 0 Å². The average molecular weight is 313 g/mol. The first kappa shape index (κ1) is 15.6. The summed E-state index contributed by atoms with van der Waals surface area (Å²) in [7, 11) is 0. The Morgan fingerprint density at radius 3 is 2.96 bits per heavy atom. The van der Waals surface area contributed by atoms with Gasteiger partial charge in [0.15, 0.2) is 0 Å². The summed E-state index contributed by atoms with van der Waals surface area (Å²) < 4.78 is 1.88. The normalized spacial score (nSPS) is 18.2. The quantitative estimate of drug-likeness (QED) is 0.867. The van der Waals surface area contributed by atoms with Crippen molar-refractivity contribution in [1.29, 1.82) is 0 Å². The SMILES string of the molecule is Cc1cncc(C2CCCN(C(=O)CCn3nccc3C)C2)n1. The minimum Gasteiger partial charge on any atom is -0.342 e. The fourth-order valence-electron chi connectivity index (χ4n) is 3.12. The number of hydrogen-bond donors (Lipinski definition) is 0. The minimum atomic E-state index is 0.199. The smallest absolute Gasteiger partial charge is 0.224 e. The second-order valence-electron chi connectivity index (χ2n) is 6.21. The summed E-state index contributed by atoms with van der Waals surface area (Å²) in [5.41, 5.74) is 3.02. The lowest BCUT2D eigenvalue weighted by Gasteiger charge is -2.32. The van der Waals surface area contributed by atoms with Gasteiger partial charge in [-0.3, -0.25) is 19.4 Å². The van der Waals surface area contributed by atoms with E-state index in [9.17, 15) is 4.79 Å². The van der Waals surface area contributed by atoms with Gasteiger partial charge >= 0.3 is 0 Å². The minimum absolute atomic E-state index is 0.199. The molecule has 3 rings (SSSR count). The van der Waals surface area contributed by atoms with Crippen LogP contribution in [0.2, 0.25) is 0 Å². The Labute approximate surface area is 136 Å². The van der Waals surface area contributed by atoms with Gasteiger partial charge in [0.05, 0.1) is 11.4 Å². The number of rotatable bonds is 4. The molecule has 6 heteroatoms. The first-order chi connectivity index (χ1) is 11.1. The zero-order chi connectivity index (χ0) is 16.2. The third kappa shape index (κ3) is 3.75. The van der Waals surface area contributed by atoms with Crippen molar-refractivity contribution in [1.82, 2.24) is 24.6 Å². The monoisotopic (exact) mass is 313 g/mol. The van der Waals surface area contributed by atoms with E-state index in [4.69, 9.17) is 0 Å². The highest BCUT2D eigenvalue weighted by molar-refractivity contribution is 5.76. The summed E-state index contributed by atoms with van der Waals surface area (Å²) in [6.07, 6.45) is 7.95. The molecule has 1 unspecified atom stereocenters. The Morgan fingerprint density at radius 1 is 1.35 bits per heavy atom. The van der Waals surface area contributed by atoms with Crippen molar-refractivity contribution < 1.29 is 4.79 Å². The number of nitrogens with zero attached hydrogens (tertiary/aromatic N) is 5. The first-order valence-corrected chi connectivity index (χ1v) is 8.18. The van der Waals surface area contributed by atoms with Gasteiger partial charge < -0.3 is 4.90 Å². The maximum absolute atomic E-state index is 12.5. The van der Waals surface area contributed by atoms with Gasteiger partial charge in [0.1, 0.15) is 0 Å². The van der Waals surface area contributed by atoms with Gasteiger partial charge in [-0.05, 0) is 32.8 Å². The number of aryl methyl sites for hydroxylation is 3. The van der Waals surface area contributed by atoms with Crippen LogP contribution in [0.15, 0.2) is 24.7 Å². The molecule has 0 aliphatic carbocycles. The van der Waals surface area contributed by atoms with Gasteiger partial charge in [0, 0.05) is 56.3 Å². The molecule has 6 nitrogen and oxygen atoms in total. The van der Waals surface area contributed by atoms with E-state index < -0.39 is 0 Å². The van der Waals surface area contributed by atoms with Crippen molar-refractivity contribution in [2.45, 2.75) is 45.6 Å². The van der Waals surface area contributed by atoms with E-state index in [1.165, 1.54) is 0 Å². The second-order valence-corrected chi connectivity index (χ2v) is 6.21. The van der Waals surface area contributed by atoms with Crippen LogP contribution in [0, 0.1) is 13.8 Å². The van der Waals surface area contributed by atoms with E-state index in [1.807, 2.05) is 35.7 Å². The predicted octanol–water partition coefficient (Wildman–Crippen LogP) is 2.09. The van der Waals surface area contributed by atoms with Crippen LogP contribution < -0.4 is 0 Å². The van der Waals surface area contributed by atoms with Gasteiger partial charge in [0.2, 0.25) is 5.91 Å². The first-order valence-electron chi connectivity index (χ1n) is 8.18. The molecule has 1 fully saturated rings. The maximum atomic E-state index is 12.5. The van der Waals surface area contributed by atoms with Crippen LogP contribution in [-0.2, 0) is 11.3 Å². The van der Waals surface area contributed by atoms with E-state index in [1.54, 1.807) is 12.4 Å². The molecule has 0 N–H and O–H groups in total. The summed E-state index contributed by atoms with van der Waals surface area (Å²) in [6, 6.07) is 1.96. The van der Waals surface area contributed by atoms with Crippen LogP contribution in [0.4, 0.5) is 0 Å². The van der Waals surface area contributed by atoms with Crippen LogP contribution in [0.3, 0.4) is 0 Å². The lowest BCUT2D eigenvalue weighted by molar-refractivity contribution is -0.132. The van der Waals surface area contributed by atoms with Crippen molar-refractivity contribution in [3.05, 3.63) is 41.7 Å². The zero-order valence-corrected chi connectivity index (χ0v) is 13.8. The molecule has 122 valence electrons. The Morgan fingerprint density at radius 2 is 2.22 bits per heavy atom. The highest BCUT2D eigenvalue weighted by Gasteiger charge is 2.25. The van der Waals surface area contributed by atoms with Crippen LogP contribution in [0.1, 0.15) is 42.3 Å². The summed E-state index contributed by atoms with van der Waals surface area (Å²) in [5.74, 6) is 0.497. The molecule has 0 spiro atoms. The summed E-state index contributed by atoms with van der Waals surface area (Å²) >= 11 is 0. The third-order valence-corrected chi connectivity index (χ3v) is 4.43. The van der Waals surface area contributed by atoms with E-state index in [0.717, 1.165) is 43.0 Å². The van der Waals surface area contributed by atoms with Crippen molar-refractivity contribution >= 4 is 5.91 Å². The molecule has 1 aliphatic rings. The topological polar surface area (TPSA) is 63.9 Å². The molecule has 2 aromatic rings. The highest BCUT2D eigenvalue weighted by atomic mass is 16.2. The Balaban J connectivity index is 1.59. The van der Waals surface area contributed by atoms with E-state index in [0.29, 0.717) is 18.9 Å². The third-order valence-electron chi connectivity index (χ3n) is 4.43. The molecule has 1 atom stereocenters. The lowest BCUT2D eigenvalue weighted by atomic mass is 9.94. The molecule has 0 saturated carbocycles. The highest BCUT2D eigenvalue weighted by Crippen LogP contribution is 2.25. The predicted molar refractivity (Wildman–Crippen MR) is 86.9 cm³/mol. The van der Waals surface area contributed by atoms with E-state index >= 15 is 0 Å². The summed E-state index contributed by atoms with van der Waals surface area (Å²) in [5, 5.41) is 4.23. The molecule has 0 radical (unpaired) electrons. The van der Waals surface area contributed by atoms with Crippen LogP contribution in [0.5, 0.6) is 0 Å². The number of hydrogen-bond acceptors (Lipinski definition) is 4. The number of aromatic nitrogens is 4. The van der Waals surface area contributed by atoms with Crippen molar-refractivity contribution in [3.8, 4) is 0 Å². The van der Waals surface area contributed by atoms with Crippen LogP contribution in [-0.4, -0.2) is 43.6 Å². The van der Waals surface area contributed by atoms with Crippen LogP contribution >= 0.6 is 0 Å². The molecular weight excluding hydrogens is 290 g/mol. The van der Waals surface area contributed by atoms with Crippen molar-refractivity contribution in [3.63, 3.8) is 0 Å². The molecule has 0 aromatic carbocycles. The summed E-state index contributed by atoms with van der Waals surface area (Å²) in [4.78, 5) is 23.3. The Hall–Kier alpha value is -2.24. The molecule has 3 heterocycles. The van der Waals surface area contributed by atoms with Gasteiger partial charge in [-0.2, -0.15) is 5.10 Å². The lowest BCUT2D eigenvalue weighted by Crippen LogP contribution is -2.39. The zero-order valence-electron chi connectivity index (χ0n) is 13.8. The van der Waals surface area contributed by atoms with Gasteiger partial charge in [-0.25, -0.2) is 0 Å². The second kappa shape index (κ2) is 6.89. The molecule has 1 amide bonds. The standard InChI is InChI=1S/C17H23N5O/c1-13-10-18-11-16(20-13)15-4-3-8-21(12-15)17(23)6-9-22-14(2)5-7-19-22/h5,7,10-11,15H,3-4,6,8-9,12H2,1-2H3. The molecule has 0 bridgehead atoms. The summed E-state index contributed by atoms with van der Waals surface area (Å²) in [6.45, 7) is 6.18. The molecular formula is C17H23N5O. The number of carbonyl (C=O) groups is 1. The fraction of sp³-hybridized carbons (Fsp3) is 0.529. The number of carbonyl (C=O) groups excluding carboxylic acids is 1. The number of piperidine rings is 1. The molecule has 2 aromatic heterocycles. The molecule has 1 aliphatic heterocycles. The molecule has 1 saturated heterocycles. The van der Waals surface area contributed by atoms with E-state index in [-0.39, 0.29) is 5.91 Å². The van der Waals surface area contributed by atoms with Gasteiger partial charge in [-0.1, -0.05) is 0 Å². The Kier molecular flexibility index (Phi) is 4.69. The molecule has 23 heavy (non-hydrogen) atoms. The average Bonchev–Trinajstić information content (AvgIpc) is 2.98. The van der Waals surface area contributed by atoms with Crippen molar-refractivity contribution in [2.24, 2.45) is 0 Å². The number of amides is 1. The fourth-order valence-corrected chi connectivity index (χ4v) is 3.12. The van der Waals surface area contributed by atoms with Gasteiger partial charge in [-0.15, -0.1) is 0 Å². The number of likely N-dealkylation sites (tertiary alicyclic amines) is 1. The maximum Gasteiger partial charge on any atom is 0.224 e. The van der Waals surface area contributed by atoms with Crippen LogP contribution in [0.25, 0.3) is 0 Å². The Bertz CT molecular complexity index is 681.